The van der Waals surface area contributed by atoms with Gasteiger partial charge in [0.25, 0.3) is 5.89 Å². The lowest BCUT2D eigenvalue weighted by Crippen LogP contribution is -2.30. The topological polar surface area (TPSA) is 85.2 Å². The summed E-state index contributed by atoms with van der Waals surface area (Å²) in [7, 11) is 0. The second-order valence-electron chi connectivity index (χ2n) is 8.06. The van der Waals surface area contributed by atoms with Gasteiger partial charge in [0.1, 0.15) is 5.82 Å². The normalized spacial score (nSPS) is 17.8. The van der Waals surface area contributed by atoms with E-state index >= 15 is 0 Å². The Labute approximate surface area is 177 Å². The van der Waals surface area contributed by atoms with Crippen LogP contribution in [0.15, 0.2) is 16.7 Å². The molecule has 2 heterocycles. The SMILES string of the molecule is Cc1noc(C2(F)CC2)n1.NC(CCC(=O)N1CCCC1)Cc1cc(F)c(F)cc1F. The zero-order chi connectivity index (χ0) is 22.6. The third-order valence-corrected chi connectivity index (χ3v) is 5.36. The molecule has 1 atom stereocenters. The first-order chi connectivity index (χ1) is 14.7. The van der Waals surface area contributed by atoms with E-state index in [2.05, 4.69) is 14.7 Å². The molecule has 0 radical (unpaired) electrons. The Kier molecular flexibility index (Phi) is 7.30. The highest BCUT2D eigenvalue weighted by Gasteiger charge is 2.50. The molecule has 2 aliphatic rings. The number of nitrogens with zero attached hydrogens (tertiary/aromatic N) is 3. The Bertz CT molecular complexity index is 911. The quantitative estimate of drug-likeness (QED) is 0.545. The minimum Gasteiger partial charge on any atom is -0.343 e. The monoisotopic (exact) mass is 442 g/mol. The predicted octanol–water partition coefficient (Wildman–Crippen LogP) is 3.71. The van der Waals surface area contributed by atoms with Gasteiger partial charge in [-0.25, -0.2) is 17.6 Å². The number of nitrogens with two attached hydrogens (primary N) is 1. The van der Waals surface area contributed by atoms with E-state index in [9.17, 15) is 22.4 Å². The molecule has 1 aromatic carbocycles. The first kappa shape index (κ1) is 23.2. The van der Waals surface area contributed by atoms with Crippen molar-refractivity contribution in [2.45, 2.75) is 63.6 Å². The van der Waals surface area contributed by atoms with Crippen LogP contribution in [0, 0.1) is 24.4 Å². The van der Waals surface area contributed by atoms with E-state index in [0.717, 1.165) is 32.0 Å². The molecule has 0 bridgehead atoms. The third kappa shape index (κ3) is 6.25. The Morgan fingerprint density at radius 1 is 1.19 bits per heavy atom. The molecule has 1 saturated carbocycles. The van der Waals surface area contributed by atoms with Crippen molar-refractivity contribution in [2.24, 2.45) is 5.73 Å². The van der Waals surface area contributed by atoms with E-state index in [4.69, 9.17) is 5.73 Å². The molecule has 10 heteroatoms. The molecule has 1 aromatic heterocycles. The van der Waals surface area contributed by atoms with Gasteiger partial charge in [-0.05, 0) is 57.1 Å². The number of rotatable bonds is 6. The van der Waals surface area contributed by atoms with Crippen LogP contribution >= 0.6 is 0 Å². The molecule has 1 amide bonds. The van der Waals surface area contributed by atoms with Crippen LogP contribution in [0.1, 0.15) is 55.8 Å². The summed E-state index contributed by atoms with van der Waals surface area (Å²) < 4.78 is 57.1. The first-order valence-corrected chi connectivity index (χ1v) is 10.3. The van der Waals surface area contributed by atoms with Crippen LogP contribution in [0.3, 0.4) is 0 Å². The minimum atomic E-state index is -1.28. The van der Waals surface area contributed by atoms with E-state index in [1.165, 1.54) is 0 Å². The van der Waals surface area contributed by atoms with Crippen LogP contribution in [-0.4, -0.2) is 40.1 Å². The molecule has 170 valence electrons. The summed E-state index contributed by atoms with van der Waals surface area (Å²) in [5.41, 5.74) is 4.62. The summed E-state index contributed by atoms with van der Waals surface area (Å²) in [5, 5.41) is 3.50. The molecule has 0 spiro atoms. The number of halogens is 4. The van der Waals surface area contributed by atoms with Crippen molar-refractivity contribution < 1.29 is 26.9 Å². The second-order valence-corrected chi connectivity index (χ2v) is 8.06. The van der Waals surface area contributed by atoms with Crippen LogP contribution in [0.2, 0.25) is 0 Å². The van der Waals surface area contributed by atoms with Gasteiger partial charge in [0.15, 0.2) is 23.1 Å². The zero-order valence-corrected chi connectivity index (χ0v) is 17.3. The van der Waals surface area contributed by atoms with Gasteiger partial charge in [0.2, 0.25) is 5.91 Å². The summed E-state index contributed by atoms with van der Waals surface area (Å²) in [6.45, 7) is 3.25. The number of carbonyl (C=O) groups is 1. The van der Waals surface area contributed by atoms with Gasteiger partial charge in [0.05, 0.1) is 0 Å². The minimum absolute atomic E-state index is 0.0371. The summed E-state index contributed by atoms with van der Waals surface area (Å²) in [5.74, 6) is -2.42. The fraction of sp³-hybridized carbons (Fsp3) is 0.571. The Morgan fingerprint density at radius 3 is 2.42 bits per heavy atom. The van der Waals surface area contributed by atoms with E-state index in [0.29, 0.717) is 37.6 Å². The molecule has 2 aromatic rings. The number of likely N-dealkylation sites (tertiary alicyclic amines) is 1. The van der Waals surface area contributed by atoms with E-state index in [-0.39, 0.29) is 23.8 Å². The van der Waals surface area contributed by atoms with Crippen molar-refractivity contribution in [3.8, 4) is 0 Å². The number of hydrogen-bond donors (Lipinski definition) is 1. The summed E-state index contributed by atoms with van der Waals surface area (Å²) in [6, 6.07) is 0.885. The van der Waals surface area contributed by atoms with Crippen LogP contribution in [0.25, 0.3) is 0 Å². The van der Waals surface area contributed by atoms with Crippen LogP contribution in [0.4, 0.5) is 17.6 Å². The Hall–Kier alpha value is -2.49. The van der Waals surface area contributed by atoms with E-state index < -0.39 is 29.2 Å². The lowest BCUT2D eigenvalue weighted by molar-refractivity contribution is -0.130. The standard InChI is InChI=1S/C15H19F3N2O.C6H7FN2O/c16-12-9-14(18)13(17)8-10(12)7-11(19)3-4-15(21)20-5-1-2-6-20;1-4-8-5(10-9-4)6(7)2-3-6/h8-9,11H,1-7,19H2;2-3H2,1H3. The highest BCUT2D eigenvalue weighted by atomic mass is 19.2. The lowest BCUT2D eigenvalue weighted by atomic mass is 10.0. The zero-order valence-electron chi connectivity index (χ0n) is 17.3. The smallest absolute Gasteiger partial charge is 0.264 e. The molecule has 2 N–H and O–H groups in total. The second kappa shape index (κ2) is 9.76. The molecular formula is C21H26F4N4O2. The largest absolute Gasteiger partial charge is 0.343 e. The first-order valence-electron chi connectivity index (χ1n) is 10.3. The lowest BCUT2D eigenvalue weighted by Gasteiger charge is -2.17. The highest BCUT2D eigenvalue weighted by Crippen LogP contribution is 2.48. The molecule has 1 aliphatic carbocycles. The number of benzene rings is 1. The maximum absolute atomic E-state index is 13.5. The molecule has 1 unspecified atom stereocenters. The average molecular weight is 442 g/mol. The number of amides is 1. The molecular weight excluding hydrogens is 416 g/mol. The van der Waals surface area contributed by atoms with Crippen molar-refractivity contribution in [1.29, 1.82) is 0 Å². The fourth-order valence-corrected chi connectivity index (χ4v) is 3.34. The molecule has 4 rings (SSSR count). The van der Waals surface area contributed by atoms with Crippen molar-refractivity contribution in [3.05, 3.63) is 46.9 Å². The number of aromatic nitrogens is 2. The number of aryl methyl sites for hydroxylation is 1. The summed E-state index contributed by atoms with van der Waals surface area (Å²) in [4.78, 5) is 17.4. The van der Waals surface area contributed by atoms with Crippen molar-refractivity contribution in [3.63, 3.8) is 0 Å². The van der Waals surface area contributed by atoms with Gasteiger partial charge in [-0.15, -0.1) is 0 Å². The van der Waals surface area contributed by atoms with Crippen LogP contribution < -0.4 is 5.73 Å². The Balaban J connectivity index is 0.000000225. The molecule has 1 saturated heterocycles. The molecule has 6 nitrogen and oxygen atoms in total. The van der Waals surface area contributed by atoms with Crippen LogP contribution in [-0.2, 0) is 16.9 Å². The summed E-state index contributed by atoms with van der Waals surface area (Å²) in [6.07, 6.45) is 3.87. The van der Waals surface area contributed by atoms with Crippen molar-refractivity contribution >= 4 is 5.91 Å². The van der Waals surface area contributed by atoms with Crippen LogP contribution in [0.5, 0.6) is 0 Å². The van der Waals surface area contributed by atoms with Gasteiger partial charge >= 0.3 is 0 Å². The Morgan fingerprint density at radius 2 is 1.84 bits per heavy atom. The predicted molar refractivity (Wildman–Crippen MR) is 104 cm³/mol. The number of carbonyl (C=O) groups excluding carboxylic acids is 1. The average Bonchev–Trinajstić information content (AvgIpc) is 3.13. The molecule has 1 aliphatic heterocycles. The van der Waals surface area contributed by atoms with Gasteiger partial charge in [-0.2, -0.15) is 4.98 Å². The summed E-state index contributed by atoms with van der Waals surface area (Å²) >= 11 is 0. The van der Waals surface area contributed by atoms with Crippen molar-refractivity contribution in [2.75, 3.05) is 13.1 Å². The fourth-order valence-electron chi connectivity index (χ4n) is 3.34. The van der Waals surface area contributed by atoms with Gasteiger partial charge in [0, 0.05) is 31.6 Å². The maximum Gasteiger partial charge on any atom is 0.264 e. The van der Waals surface area contributed by atoms with Crippen molar-refractivity contribution in [1.82, 2.24) is 15.0 Å². The van der Waals surface area contributed by atoms with Gasteiger partial charge in [-0.1, -0.05) is 5.16 Å². The van der Waals surface area contributed by atoms with Gasteiger partial charge in [-0.3, -0.25) is 4.79 Å². The third-order valence-electron chi connectivity index (χ3n) is 5.36. The molecule has 2 fully saturated rings. The van der Waals surface area contributed by atoms with E-state index in [1.54, 1.807) is 11.8 Å². The van der Waals surface area contributed by atoms with E-state index in [1.807, 2.05) is 0 Å². The van der Waals surface area contributed by atoms with Gasteiger partial charge < -0.3 is 15.2 Å². The maximum atomic E-state index is 13.5. The number of hydrogen-bond acceptors (Lipinski definition) is 5. The highest BCUT2D eigenvalue weighted by molar-refractivity contribution is 5.76. The number of alkyl halides is 1. The molecule has 31 heavy (non-hydrogen) atoms.